The minimum atomic E-state index is 0.683. The molecule has 0 unspecified atom stereocenters. The van der Waals surface area contributed by atoms with E-state index in [0.717, 1.165) is 23.8 Å². The van der Waals surface area contributed by atoms with Crippen molar-refractivity contribution >= 4 is 16.5 Å². The molecule has 0 spiro atoms. The van der Waals surface area contributed by atoms with E-state index < -0.39 is 0 Å². The molecule has 0 atom stereocenters. The normalized spacial score (nSPS) is 15.0. The Labute approximate surface area is 110 Å². The van der Waals surface area contributed by atoms with Crippen molar-refractivity contribution in [1.82, 2.24) is 20.0 Å². The molecule has 2 heterocycles. The fourth-order valence-corrected chi connectivity index (χ4v) is 2.91. The summed E-state index contributed by atoms with van der Waals surface area (Å²) in [6, 6.07) is 0. The summed E-state index contributed by atoms with van der Waals surface area (Å²) < 4.78 is 1.87. The van der Waals surface area contributed by atoms with E-state index in [0.29, 0.717) is 5.92 Å². The maximum Gasteiger partial charge on any atom is 0.205 e. The van der Waals surface area contributed by atoms with Crippen LogP contribution in [0.15, 0.2) is 6.20 Å². The van der Waals surface area contributed by atoms with Gasteiger partial charge >= 0.3 is 0 Å². The van der Waals surface area contributed by atoms with E-state index in [1.807, 2.05) is 11.7 Å². The first-order valence-electron chi connectivity index (χ1n) is 6.35. The fraction of sp³-hybridized carbons (Fsp3) is 0.583. The number of hydrogen-bond acceptors (Lipinski definition) is 5. The molecule has 5 nitrogen and oxygen atoms in total. The molecule has 1 fully saturated rings. The van der Waals surface area contributed by atoms with Crippen LogP contribution in [0.25, 0.3) is 0 Å². The van der Waals surface area contributed by atoms with Crippen LogP contribution in [-0.2, 0) is 20.0 Å². The SMILES string of the molecule is CCc1nn(C)cc1CNc1nnc(C2CC2)s1. The van der Waals surface area contributed by atoms with Gasteiger partial charge in [-0.25, -0.2) is 0 Å². The molecule has 96 valence electrons. The van der Waals surface area contributed by atoms with Gasteiger partial charge in [-0.3, -0.25) is 4.68 Å². The van der Waals surface area contributed by atoms with Crippen LogP contribution >= 0.6 is 11.3 Å². The number of hydrogen-bond donors (Lipinski definition) is 1. The molecule has 0 saturated heterocycles. The van der Waals surface area contributed by atoms with Gasteiger partial charge in [0.25, 0.3) is 0 Å². The van der Waals surface area contributed by atoms with Crippen LogP contribution in [0.3, 0.4) is 0 Å². The van der Waals surface area contributed by atoms with E-state index >= 15 is 0 Å². The van der Waals surface area contributed by atoms with Crippen molar-refractivity contribution < 1.29 is 0 Å². The summed E-state index contributed by atoms with van der Waals surface area (Å²) in [5, 5.41) is 18.3. The van der Waals surface area contributed by atoms with Crippen LogP contribution in [0.4, 0.5) is 5.13 Å². The number of rotatable bonds is 5. The largest absolute Gasteiger partial charge is 0.356 e. The fourth-order valence-electron chi connectivity index (χ4n) is 2.00. The van der Waals surface area contributed by atoms with Gasteiger partial charge in [-0.2, -0.15) is 5.10 Å². The molecule has 18 heavy (non-hydrogen) atoms. The summed E-state index contributed by atoms with van der Waals surface area (Å²) in [7, 11) is 1.96. The second kappa shape index (κ2) is 4.68. The summed E-state index contributed by atoms with van der Waals surface area (Å²) in [4.78, 5) is 0. The molecule has 3 rings (SSSR count). The number of nitrogens with zero attached hydrogens (tertiary/aromatic N) is 4. The summed E-state index contributed by atoms with van der Waals surface area (Å²) in [6.07, 6.45) is 5.57. The standard InChI is InChI=1S/C12H17N5S/c1-3-10-9(7-17(2)16-10)6-13-12-15-14-11(18-12)8-4-5-8/h7-8H,3-6H2,1-2H3,(H,13,15). The molecule has 0 radical (unpaired) electrons. The lowest BCUT2D eigenvalue weighted by Gasteiger charge is -2.00. The number of nitrogens with one attached hydrogen (secondary N) is 1. The minimum Gasteiger partial charge on any atom is -0.356 e. The van der Waals surface area contributed by atoms with Gasteiger partial charge in [0.1, 0.15) is 5.01 Å². The van der Waals surface area contributed by atoms with E-state index in [2.05, 4.69) is 33.7 Å². The van der Waals surface area contributed by atoms with Crippen molar-refractivity contribution in [2.45, 2.75) is 38.6 Å². The van der Waals surface area contributed by atoms with Crippen molar-refractivity contribution in [3.63, 3.8) is 0 Å². The van der Waals surface area contributed by atoms with Crippen LogP contribution < -0.4 is 5.32 Å². The first-order valence-corrected chi connectivity index (χ1v) is 7.16. The Balaban J connectivity index is 1.65. The zero-order valence-corrected chi connectivity index (χ0v) is 11.5. The van der Waals surface area contributed by atoms with E-state index in [4.69, 9.17) is 0 Å². The Morgan fingerprint density at radius 3 is 3.00 bits per heavy atom. The predicted octanol–water partition coefficient (Wildman–Crippen LogP) is 2.32. The minimum absolute atomic E-state index is 0.683. The second-order valence-electron chi connectivity index (χ2n) is 4.70. The van der Waals surface area contributed by atoms with Crippen LogP contribution in [0.1, 0.15) is 41.9 Å². The molecular weight excluding hydrogens is 246 g/mol. The summed E-state index contributed by atoms with van der Waals surface area (Å²) >= 11 is 1.68. The first-order chi connectivity index (χ1) is 8.76. The van der Waals surface area contributed by atoms with Crippen molar-refractivity contribution in [2.75, 3.05) is 5.32 Å². The van der Waals surface area contributed by atoms with Gasteiger partial charge in [-0.15, -0.1) is 10.2 Å². The highest BCUT2D eigenvalue weighted by Gasteiger charge is 2.27. The van der Waals surface area contributed by atoms with Crippen LogP contribution in [0.5, 0.6) is 0 Å². The molecule has 1 N–H and O–H groups in total. The first kappa shape index (κ1) is 11.6. The Kier molecular flexibility index (Phi) is 3.03. The second-order valence-corrected chi connectivity index (χ2v) is 5.71. The zero-order valence-electron chi connectivity index (χ0n) is 10.7. The molecule has 0 bridgehead atoms. The lowest BCUT2D eigenvalue weighted by atomic mass is 10.2. The molecule has 0 aromatic carbocycles. The van der Waals surface area contributed by atoms with Gasteiger partial charge in [0, 0.05) is 31.3 Å². The van der Waals surface area contributed by atoms with Gasteiger partial charge in [0.15, 0.2) is 0 Å². The van der Waals surface area contributed by atoms with Crippen LogP contribution in [0, 0.1) is 0 Å². The molecule has 1 aliphatic carbocycles. The third kappa shape index (κ3) is 2.38. The third-order valence-corrected chi connectivity index (χ3v) is 4.17. The van der Waals surface area contributed by atoms with E-state index in [-0.39, 0.29) is 0 Å². The molecule has 0 amide bonds. The quantitative estimate of drug-likeness (QED) is 0.899. The zero-order chi connectivity index (χ0) is 12.5. The number of aromatic nitrogens is 4. The smallest absolute Gasteiger partial charge is 0.205 e. The molecule has 1 aliphatic rings. The Morgan fingerprint density at radius 2 is 2.28 bits per heavy atom. The van der Waals surface area contributed by atoms with Crippen molar-refractivity contribution in [1.29, 1.82) is 0 Å². The number of aryl methyl sites for hydroxylation is 2. The highest BCUT2D eigenvalue weighted by molar-refractivity contribution is 7.15. The van der Waals surface area contributed by atoms with E-state index in [1.165, 1.54) is 23.4 Å². The molecule has 0 aliphatic heterocycles. The lowest BCUT2D eigenvalue weighted by Crippen LogP contribution is -2.00. The lowest BCUT2D eigenvalue weighted by molar-refractivity contribution is 0.746. The molecule has 2 aromatic heterocycles. The van der Waals surface area contributed by atoms with Gasteiger partial charge < -0.3 is 5.32 Å². The monoisotopic (exact) mass is 263 g/mol. The third-order valence-electron chi connectivity index (χ3n) is 3.12. The van der Waals surface area contributed by atoms with Crippen LogP contribution in [0.2, 0.25) is 0 Å². The van der Waals surface area contributed by atoms with Crippen molar-refractivity contribution in [2.24, 2.45) is 7.05 Å². The molecular formula is C12H17N5S. The van der Waals surface area contributed by atoms with Crippen molar-refractivity contribution in [3.05, 3.63) is 22.5 Å². The Bertz CT molecular complexity index is 540. The molecule has 6 heteroatoms. The summed E-state index contributed by atoms with van der Waals surface area (Å²) in [5.41, 5.74) is 2.39. The van der Waals surface area contributed by atoms with Crippen LogP contribution in [-0.4, -0.2) is 20.0 Å². The van der Waals surface area contributed by atoms with Gasteiger partial charge in [0.2, 0.25) is 5.13 Å². The summed E-state index contributed by atoms with van der Waals surface area (Å²) in [6.45, 7) is 2.90. The predicted molar refractivity (Wildman–Crippen MR) is 71.8 cm³/mol. The van der Waals surface area contributed by atoms with Gasteiger partial charge in [-0.05, 0) is 19.3 Å². The Morgan fingerprint density at radius 1 is 1.44 bits per heavy atom. The van der Waals surface area contributed by atoms with E-state index in [9.17, 15) is 0 Å². The Hall–Kier alpha value is -1.43. The average Bonchev–Trinajstić information content (AvgIpc) is 2.99. The highest BCUT2D eigenvalue weighted by atomic mass is 32.1. The summed E-state index contributed by atoms with van der Waals surface area (Å²) in [5.74, 6) is 0.683. The van der Waals surface area contributed by atoms with Gasteiger partial charge in [-0.1, -0.05) is 18.3 Å². The van der Waals surface area contributed by atoms with Gasteiger partial charge in [0.05, 0.1) is 5.69 Å². The maximum absolute atomic E-state index is 4.43. The highest BCUT2D eigenvalue weighted by Crippen LogP contribution is 2.42. The topological polar surface area (TPSA) is 55.6 Å². The number of anilines is 1. The molecule has 1 saturated carbocycles. The van der Waals surface area contributed by atoms with Crippen molar-refractivity contribution in [3.8, 4) is 0 Å². The molecule has 2 aromatic rings. The average molecular weight is 263 g/mol. The van der Waals surface area contributed by atoms with E-state index in [1.54, 1.807) is 11.3 Å². The maximum atomic E-state index is 4.43.